The fourth-order valence-electron chi connectivity index (χ4n) is 2.57. The molecular formula is C18H20Cl2N2O3S. The molecule has 0 unspecified atom stereocenters. The standard InChI is InChI=1S/C18H20Cl2N2O3S/c1-12-6-4-5-7-14(12)11-21-18(23)13(2)22(26(3,24)25)15-8-9-16(19)17(20)10-15/h4-10,13H,11H2,1-3H3,(H,21,23)/t13-/m0/s1. The number of amides is 1. The predicted octanol–water partition coefficient (Wildman–Crippen LogP) is 3.77. The first-order valence-corrected chi connectivity index (χ1v) is 10.5. The number of sulfonamides is 1. The lowest BCUT2D eigenvalue weighted by molar-refractivity contribution is -0.122. The van der Waals surface area contributed by atoms with Crippen molar-refractivity contribution in [1.29, 1.82) is 0 Å². The van der Waals surface area contributed by atoms with Gasteiger partial charge in [-0.05, 0) is 43.2 Å². The molecule has 1 amide bonds. The summed E-state index contributed by atoms with van der Waals surface area (Å²) in [6.45, 7) is 3.79. The van der Waals surface area contributed by atoms with Crippen LogP contribution in [0.2, 0.25) is 10.0 Å². The van der Waals surface area contributed by atoms with Gasteiger partial charge in [0.15, 0.2) is 0 Å². The van der Waals surface area contributed by atoms with Crippen LogP contribution in [-0.4, -0.2) is 26.6 Å². The van der Waals surface area contributed by atoms with Gasteiger partial charge in [-0.2, -0.15) is 0 Å². The van der Waals surface area contributed by atoms with Crippen LogP contribution in [0.15, 0.2) is 42.5 Å². The molecule has 0 saturated carbocycles. The van der Waals surface area contributed by atoms with Crippen LogP contribution in [0.25, 0.3) is 0 Å². The van der Waals surface area contributed by atoms with Crippen LogP contribution < -0.4 is 9.62 Å². The average molecular weight is 415 g/mol. The third-order valence-corrected chi connectivity index (χ3v) is 5.94. The Morgan fingerprint density at radius 2 is 1.81 bits per heavy atom. The van der Waals surface area contributed by atoms with Crippen molar-refractivity contribution in [3.63, 3.8) is 0 Å². The summed E-state index contributed by atoms with van der Waals surface area (Å²) < 4.78 is 25.6. The SMILES string of the molecule is Cc1ccccc1CNC(=O)[C@H](C)N(c1ccc(Cl)c(Cl)c1)S(C)(=O)=O. The zero-order valence-corrected chi connectivity index (χ0v) is 17.0. The van der Waals surface area contributed by atoms with E-state index in [2.05, 4.69) is 5.32 Å². The van der Waals surface area contributed by atoms with Gasteiger partial charge in [0, 0.05) is 6.54 Å². The number of rotatable bonds is 6. The normalized spacial score (nSPS) is 12.5. The highest BCUT2D eigenvalue weighted by molar-refractivity contribution is 7.92. The molecule has 0 aromatic heterocycles. The van der Waals surface area contributed by atoms with Gasteiger partial charge in [0.1, 0.15) is 6.04 Å². The highest BCUT2D eigenvalue weighted by atomic mass is 35.5. The molecule has 2 aromatic rings. The second-order valence-corrected chi connectivity index (χ2v) is 8.65. The van der Waals surface area contributed by atoms with E-state index in [-0.39, 0.29) is 10.7 Å². The maximum absolute atomic E-state index is 12.6. The molecule has 0 aliphatic heterocycles. The van der Waals surface area contributed by atoms with Gasteiger partial charge >= 0.3 is 0 Å². The van der Waals surface area contributed by atoms with Gasteiger partial charge in [-0.3, -0.25) is 9.10 Å². The van der Waals surface area contributed by atoms with E-state index in [1.807, 2.05) is 31.2 Å². The van der Waals surface area contributed by atoms with Gasteiger partial charge in [0.25, 0.3) is 0 Å². The smallest absolute Gasteiger partial charge is 0.243 e. The van der Waals surface area contributed by atoms with Crippen molar-refractivity contribution in [3.05, 3.63) is 63.6 Å². The topological polar surface area (TPSA) is 66.5 Å². The zero-order chi connectivity index (χ0) is 19.5. The molecule has 140 valence electrons. The Morgan fingerprint density at radius 3 is 2.38 bits per heavy atom. The monoisotopic (exact) mass is 414 g/mol. The van der Waals surface area contributed by atoms with Gasteiger partial charge in [0.05, 0.1) is 22.0 Å². The first-order chi connectivity index (χ1) is 12.1. The van der Waals surface area contributed by atoms with Crippen molar-refractivity contribution in [2.24, 2.45) is 0 Å². The molecule has 0 spiro atoms. The number of aryl methyl sites for hydroxylation is 1. The van der Waals surface area contributed by atoms with Crippen LogP contribution in [0.1, 0.15) is 18.1 Å². The lowest BCUT2D eigenvalue weighted by Gasteiger charge is -2.28. The maximum atomic E-state index is 12.6. The first kappa shape index (κ1) is 20.6. The highest BCUT2D eigenvalue weighted by Gasteiger charge is 2.29. The fourth-order valence-corrected chi connectivity index (χ4v) is 4.03. The molecule has 0 aliphatic rings. The van der Waals surface area contributed by atoms with Crippen molar-refractivity contribution < 1.29 is 13.2 Å². The van der Waals surface area contributed by atoms with Gasteiger partial charge in [-0.1, -0.05) is 47.5 Å². The lowest BCUT2D eigenvalue weighted by Crippen LogP contribution is -2.47. The van der Waals surface area contributed by atoms with E-state index in [4.69, 9.17) is 23.2 Å². The van der Waals surface area contributed by atoms with E-state index in [0.717, 1.165) is 21.7 Å². The van der Waals surface area contributed by atoms with Crippen molar-refractivity contribution in [1.82, 2.24) is 5.32 Å². The zero-order valence-electron chi connectivity index (χ0n) is 14.7. The number of nitrogens with zero attached hydrogens (tertiary/aromatic N) is 1. The van der Waals surface area contributed by atoms with E-state index in [0.29, 0.717) is 11.6 Å². The molecule has 0 heterocycles. The number of nitrogens with one attached hydrogen (secondary N) is 1. The molecule has 0 aliphatic carbocycles. The number of carbonyl (C=O) groups is 1. The number of carbonyl (C=O) groups excluding carboxylic acids is 1. The minimum atomic E-state index is -3.71. The fraction of sp³-hybridized carbons (Fsp3) is 0.278. The second kappa shape index (κ2) is 8.29. The Labute approximate surface area is 164 Å². The molecule has 0 saturated heterocycles. The van der Waals surface area contributed by atoms with Crippen LogP contribution >= 0.6 is 23.2 Å². The molecular weight excluding hydrogens is 395 g/mol. The minimum absolute atomic E-state index is 0.213. The Balaban J connectivity index is 2.23. The lowest BCUT2D eigenvalue weighted by atomic mass is 10.1. The third kappa shape index (κ3) is 4.90. The number of benzene rings is 2. The first-order valence-electron chi connectivity index (χ1n) is 7.88. The third-order valence-electron chi connectivity index (χ3n) is 3.96. The summed E-state index contributed by atoms with van der Waals surface area (Å²) in [4.78, 5) is 12.6. The van der Waals surface area contributed by atoms with Crippen molar-refractivity contribution in [2.45, 2.75) is 26.4 Å². The number of halogens is 2. The van der Waals surface area contributed by atoms with E-state index >= 15 is 0 Å². The summed E-state index contributed by atoms with van der Waals surface area (Å²) in [6, 6.07) is 11.1. The Morgan fingerprint density at radius 1 is 1.15 bits per heavy atom. The molecule has 1 atom stereocenters. The summed E-state index contributed by atoms with van der Waals surface area (Å²) in [5, 5.41) is 3.30. The van der Waals surface area contributed by atoms with E-state index in [1.54, 1.807) is 0 Å². The van der Waals surface area contributed by atoms with E-state index < -0.39 is 22.0 Å². The number of hydrogen-bond donors (Lipinski definition) is 1. The molecule has 2 rings (SSSR count). The summed E-state index contributed by atoms with van der Waals surface area (Å²) in [5.74, 6) is -0.412. The van der Waals surface area contributed by atoms with Crippen LogP contribution in [0.5, 0.6) is 0 Å². The van der Waals surface area contributed by atoms with Crippen LogP contribution in [0, 0.1) is 6.92 Å². The number of anilines is 1. The number of hydrogen-bond acceptors (Lipinski definition) is 3. The summed E-state index contributed by atoms with van der Waals surface area (Å²) in [6.07, 6.45) is 1.04. The molecule has 5 nitrogen and oxygen atoms in total. The largest absolute Gasteiger partial charge is 0.350 e. The van der Waals surface area contributed by atoms with Crippen molar-refractivity contribution >= 4 is 44.8 Å². The highest BCUT2D eigenvalue weighted by Crippen LogP contribution is 2.29. The predicted molar refractivity (Wildman–Crippen MR) is 106 cm³/mol. The molecule has 0 bridgehead atoms. The molecule has 8 heteroatoms. The van der Waals surface area contributed by atoms with Crippen molar-refractivity contribution in [2.75, 3.05) is 10.6 Å². The van der Waals surface area contributed by atoms with Gasteiger partial charge in [-0.25, -0.2) is 8.42 Å². The van der Waals surface area contributed by atoms with E-state index in [1.165, 1.54) is 25.1 Å². The maximum Gasteiger partial charge on any atom is 0.243 e. The molecule has 0 radical (unpaired) electrons. The summed E-state index contributed by atoms with van der Waals surface area (Å²) in [5.41, 5.74) is 2.29. The van der Waals surface area contributed by atoms with Crippen molar-refractivity contribution in [3.8, 4) is 0 Å². The summed E-state index contributed by atoms with van der Waals surface area (Å²) >= 11 is 11.9. The second-order valence-electron chi connectivity index (χ2n) is 5.98. The molecule has 26 heavy (non-hydrogen) atoms. The molecule has 2 aromatic carbocycles. The quantitative estimate of drug-likeness (QED) is 0.781. The van der Waals surface area contributed by atoms with Crippen LogP contribution in [0.3, 0.4) is 0 Å². The summed E-state index contributed by atoms with van der Waals surface area (Å²) in [7, 11) is -3.71. The van der Waals surface area contributed by atoms with Crippen LogP contribution in [-0.2, 0) is 21.4 Å². The molecule has 0 fully saturated rings. The molecule has 1 N–H and O–H groups in total. The van der Waals surface area contributed by atoms with Gasteiger partial charge < -0.3 is 5.32 Å². The Bertz CT molecular complexity index is 916. The Kier molecular flexibility index (Phi) is 6.55. The van der Waals surface area contributed by atoms with Gasteiger partial charge in [-0.15, -0.1) is 0 Å². The average Bonchev–Trinajstić information content (AvgIpc) is 2.56. The van der Waals surface area contributed by atoms with Gasteiger partial charge in [0.2, 0.25) is 15.9 Å². The van der Waals surface area contributed by atoms with E-state index in [9.17, 15) is 13.2 Å². The minimum Gasteiger partial charge on any atom is -0.350 e. The van der Waals surface area contributed by atoms with Crippen LogP contribution in [0.4, 0.5) is 5.69 Å². The Hall–Kier alpha value is -1.76.